The molecule has 0 aromatic heterocycles. The molecule has 104 valence electrons. The molecule has 0 saturated carbocycles. The van der Waals surface area contributed by atoms with E-state index < -0.39 is 4.92 Å². The van der Waals surface area contributed by atoms with Crippen LogP contribution >= 0.6 is 31.9 Å². The van der Waals surface area contributed by atoms with E-state index >= 15 is 0 Å². The van der Waals surface area contributed by atoms with E-state index in [4.69, 9.17) is 4.74 Å². The molecule has 0 saturated heterocycles. The number of nitrogens with zero attached hydrogens (tertiary/aromatic N) is 1. The molecule has 0 aliphatic rings. The Morgan fingerprint density at radius 3 is 2.74 bits per heavy atom. The van der Waals surface area contributed by atoms with Crippen molar-refractivity contribution in [3.8, 4) is 0 Å². The average Bonchev–Trinajstić information content (AvgIpc) is 2.37. The first-order valence-electron chi connectivity index (χ1n) is 5.41. The van der Waals surface area contributed by atoms with Gasteiger partial charge in [0.2, 0.25) is 0 Å². The second-order valence-electron chi connectivity index (χ2n) is 3.51. The van der Waals surface area contributed by atoms with Gasteiger partial charge in [-0.15, -0.1) is 0 Å². The fraction of sp³-hybridized carbons (Fsp3) is 0.364. The highest BCUT2D eigenvalue weighted by atomic mass is 79.9. The van der Waals surface area contributed by atoms with Gasteiger partial charge in [0.25, 0.3) is 11.6 Å². The number of nitro benzene ring substituents is 1. The summed E-state index contributed by atoms with van der Waals surface area (Å²) in [6.45, 7) is 1.32. The lowest BCUT2D eigenvalue weighted by molar-refractivity contribution is -0.385. The Morgan fingerprint density at radius 2 is 2.11 bits per heavy atom. The number of nitro groups is 1. The standard InChI is InChI=1S/C11H12Br2N2O4/c12-1-3-19-4-2-14-11(16)8-5-9(13)7-10(6-8)15(17)18/h5-7H,1-4H2,(H,14,16). The molecule has 1 aromatic rings. The van der Waals surface area contributed by atoms with Crippen molar-refractivity contribution in [3.05, 3.63) is 38.3 Å². The van der Waals surface area contributed by atoms with Gasteiger partial charge < -0.3 is 10.1 Å². The third kappa shape index (κ3) is 5.66. The molecule has 1 aromatic carbocycles. The molecule has 0 bridgehead atoms. The summed E-state index contributed by atoms with van der Waals surface area (Å²) in [5.41, 5.74) is 0.108. The predicted molar refractivity (Wildman–Crippen MR) is 77.7 cm³/mol. The van der Waals surface area contributed by atoms with Gasteiger partial charge in [-0.3, -0.25) is 14.9 Å². The molecule has 19 heavy (non-hydrogen) atoms. The summed E-state index contributed by atoms with van der Waals surface area (Å²) >= 11 is 6.35. The molecular weight excluding hydrogens is 384 g/mol. The van der Waals surface area contributed by atoms with Crippen LogP contribution in [0.15, 0.2) is 22.7 Å². The summed E-state index contributed by atoms with van der Waals surface area (Å²) in [4.78, 5) is 21.9. The lowest BCUT2D eigenvalue weighted by atomic mass is 10.2. The number of halogens is 2. The topological polar surface area (TPSA) is 81.5 Å². The van der Waals surface area contributed by atoms with Crippen LogP contribution in [-0.2, 0) is 4.74 Å². The van der Waals surface area contributed by atoms with Crippen LogP contribution in [0.25, 0.3) is 0 Å². The van der Waals surface area contributed by atoms with Crippen molar-refractivity contribution < 1.29 is 14.5 Å². The summed E-state index contributed by atoms with van der Waals surface area (Å²) in [6, 6.07) is 4.11. The lowest BCUT2D eigenvalue weighted by Crippen LogP contribution is -2.27. The van der Waals surface area contributed by atoms with Crippen LogP contribution in [-0.4, -0.2) is 35.9 Å². The fourth-order valence-corrected chi connectivity index (χ4v) is 2.02. The third-order valence-electron chi connectivity index (χ3n) is 2.11. The number of hydrogen-bond donors (Lipinski definition) is 1. The van der Waals surface area contributed by atoms with Crippen molar-refractivity contribution in [2.45, 2.75) is 0 Å². The van der Waals surface area contributed by atoms with Gasteiger partial charge in [0.15, 0.2) is 0 Å². The van der Waals surface area contributed by atoms with Crippen LogP contribution in [0.3, 0.4) is 0 Å². The molecule has 1 N–H and O–H groups in total. The maximum atomic E-state index is 11.8. The molecular formula is C11H12Br2N2O4. The van der Waals surface area contributed by atoms with Crippen LogP contribution in [0.4, 0.5) is 5.69 Å². The summed E-state index contributed by atoms with van der Waals surface area (Å²) in [7, 11) is 0. The Balaban J connectivity index is 2.59. The molecule has 1 amide bonds. The largest absolute Gasteiger partial charge is 0.379 e. The molecule has 1 rings (SSSR count). The summed E-state index contributed by atoms with van der Waals surface area (Å²) in [6.07, 6.45) is 0. The number of nitrogens with one attached hydrogen (secondary N) is 1. The normalized spacial score (nSPS) is 10.2. The number of hydrogen-bond acceptors (Lipinski definition) is 4. The zero-order valence-electron chi connectivity index (χ0n) is 9.90. The number of ether oxygens (including phenoxy) is 1. The van der Waals surface area contributed by atoms with Crippen molar-refractivity contribution >= 4 is 43.5 Å². The number of carbonyl (C=O) groups excluding carboxylic acids is 1. The van der Waals surface area contributed by atoms with Crippen LogP contribution in [0.5, 0.6) is 0 Å². The smallest absolute Gasteiger partial charge is 0.271 e. The van der Waals surface area contributed by atoms with Crippen molar-refractivity contribution in [2.75, 3.05) is 25.1 Å². The minimum absolute atomic E-state index is 0.130. The number of non-ortho nitro benzene ring substituents is 1. The van der Waals surface area contributed by atoms with E-state index in [1.54, 1.807) is 0 Å². The second-order valence-corrected chi connectivity index (χ2v) is 5.22. The molecule has 0 atom stereocenters. The van der Waals surface area contributed by atoms with Crippen molar-refractivity contribution in [1.29, 1.82) is 0 Å². The van der Waals surface area contributed by atoms with Gasteiger partial charge in [-0.05, 0) is 6.07 Å². The Kier molecular flexibility index (Phi) is 6.96. The summed E-state index contributed by atoms with van der Waals surface area (Å²) < 4.78 is 5.66. The van der Waals surface area contributed by atoms with E-state index in [1.165, 1.54) is 18.2 Å². The summed E-state index contributed by atoms with van der Waals surface area (Å²) in [5, 5.41) is 14.1. The molecule has 0 aliphatic carbocycles. The van der Waals surface area contributed by atoms with E-state index in [1.807, 2.05) is 0 Å². The SMILES string of the molecule is O=C(NCCOCCBr)c1cc(Br)cc([N+](=O)[O-])c1. The third-order valence-corrected chi connectivity index (χ3v) is 2.89. The van der Waals surface area contributed by atoms with Gasteiger partial charge in [0, 0.05) is 34.0 Å². The molecule has 6 nitrogen and oxygen atoms in total. The van der Waals surface area contributed by atoms with Gasteiger partial charge in [0.1, 0.15) is 0 Å². The Bertz CT molecular complexity index is 468. The van der Waals surface area contributed by atoms with Crippen molar-refractivity contribution in [2.24, 2.45) is 0 Å². The predicted octanol–water partition coefficient (Wildman–Crippen LogP) is 2.50. The van der Waals surface area contributed by atoms with Gasteiger partial charge >= 0.3 is 0 Å². The highest BCUT2D eigenvalue weighted by molar-refractivity contribution is 9.10. The van der Waals surface area contributed by atoms with Crippen molar-refractivity contribution in [1.82, 2.24) is 5.32 Å². The number of benzene rings is 1. The second kappa shape index (κ2) is 8.23. The van der Waals surface area contributed by atoms with E-state index in [0.717, 1.165) is 5.33 Å². The molecule has 0 aliphatic heterocycles. The molecule has 0 radical (unpaired) electrons. The zero-order chi connectivity index (χ0) is 14.3. The van der Waals surface area contributed by atoms with Crippen LogP contribution < -0.4 is 5.32 Å². The van der Waals surface area contributed by atoms with Crippen LogP contribution in [0, 0.1) is 10.1 Å². The van der Waals surface area contributed by atoms with Crippen molar-refractivity contribution in [3.63, 3.8) is 0 Å². The highest BCUT2D eigenvalue weighted by Gasteiger charge is 2.13. The summed E-state index contributed by atoms with van der Waals surface area (Å²) in [5.74, 6) is -0.369. The first-order valence-corrected chi connectivity index (χ1v) is 7.33. The van der Waals surface area contributed by atoms with Crippen LogP contribution in [0.1, 0.15) is 10.4 Å². The molecule has 0 heterocycles. The monoisotopic (exact) mass is 394 g/mol. The van der Waals surface area contributed by atoms with Gasteiger partial charge in [-0.25, -0.2) is 0 Å². The van der Waals surface area contributed by atoms with Gasteiger partial charge in [-0.1, -0.05) is 31.9 Å². The van der Waals surface area contributed by atoms with E-state index in [2.05, 4.69) is 37.2 Å². The molecule has 0 fully saturated rings. The number of alkyl halides is 1. The first-order chi connectivity index (χ1) is 9.04. The Morgan fingerprint density at radius 1 is 1.37 bits per heavy atom. The maximum absolute atomic E-state index is 11.8. The fourth-order valence-electron chi connectivity index (χ4n) is 1.31. The maximum Gasteiger partial charge on any atom is 0.271 e. The van der Waals surface area contributed by atoms with E-state index in [-0.39, 0.29) is 17.2 Å². The molecule has 0 unspecified atom stereocenters. The van der Waals surface area contributed by atoms with E-state index in [9.17, 15) is 14.9 Å². The molecule has 8 heteroatoms. The van der Waals surface area contributed by atoms with E-state index in [0.29, 0.717) is 24.2 Å². The highest BCUT2D eigenvalue weighted by Crippen LogP contribution is 2.21. The Labute approximate surface area is 126 Å². The average molecular weight is 396 g/mol. The number of rotatable bonds is 7. The zero-order valence-corrected chi connectivity index (χ0v) is 13.1. The molecule has 0 spiro atoms. The minimum Gasteiger partial charge on any atom is -0.379 e. The lowest BCUT2D eigenvalue weighted by Gasteiger charge is -2.06. The quantitative estimate of drug-likeness (QED) is 0.333. The first kappa shape index (κ1) is 16.1. The number of amides is 1. The number of carbonyl (C=O) groups is 1. The van der Waals surface area contributed by atoms with Crippen LogP contribution in [0.2, 0.25) is 0 Å². The Hall–Kier alpha value is -0.990. The van der Waals surface area contributed by atoms with Gasteiger partial charge in [0.05, 0.1) is 18.1 Å². The van der Waals surface area contributed by atoms with Gasteiger partial charge in [-0.2, -0.15) is 0 Å². The minimum atomic E-state index is -0.541.